The summed E-state index contributed by atoms with van der Waals surface area (Å²) in [6, 6.07) is 47.0. The second-order valence-corrected chi connectivity index (χ2v) is 12.6. The van der Waals surface area contributed by atoms with Gasteiger partial charge in [0, 0.05) is 10.6 Å². The lowest BCUT2D eigenvalue weighted by atomic mass is 9.88. The van der Waals surface area contributed by atoms with Crippen molar-refractivity contribution in [2.75, 3.05) is 6.66 Å². The standard InChI is InChI=1S/C35H25OP/c1-37(36)33-14-8-7-13-31(33)32-23-28(20-22-34(32)37)30-21-19-26-11-5-6-12-29(26)35(30)27-17-15-25(16-18-27)24-9-3-2-4-10-24/h2-23H,1H3. The second-order valence-electron chi connectivity index (χ2n) is 9.83. The van der Waals surface area contributed by atoms with Crippen LogP contribution >= 0.6 is 7.14 Å². The molecule has 7 rings (SSSR count). The molecule has 0 amide bonds. The maximum absolute atomic E-state index is 13.7. The quantitative estimate of drug-likeness (QED) is 0.226. The summed E-state index contributed by atoms with van der Waals surface area (Å²) in [5.41, 5.74) is 9.36. The van der Waals surface area contributed by atoms with Gasteiger partial charge < -0.3 is 4.57 Å². The Morgan fingerprint density at radius 3 is 1.92 bits per heavy atom. The molecule has 1 nitrogen and oxygen atoms in total. The van der Waals surface area contributed by atoms with Gasteiger partial charge >= 0.3 is 0 Å². The molecule has 1 unspecified atom stereocenters. The van der Waals surface area contributed by atoms with Gasteiger partial charge in [-0.15, -0.1) is 0 Å². The minimum atomic E-state index is -2.58. The van der Waals surface area contributed by atoms with Crippen LogP contribution in [0.15, 0.2) is 133 Å². The molecule has 6 aromatic carbocycles. The molecule has 37 heavy (non-hydrogen) atoms. The SMILES string of the molecule is CP1(=O)c2ccccc2-c2cc(-c3ccc4ccccc4c3-c3ccc(-c4ccccc4)cc3)ccc21. The van der Waals surface area contributed by atoms with E-state index in [9.17, 15) is 4.57 Å². The topological polar surface area (TPSA) is 17.1 Å². The van der Waals surface area contributed by atoms with E-state index >= 15 is 0 Å². The molecule has 6 aromatic rings. The molecule has 0 N–H and O–H groups in total. The number of hydrogen-bond donors (Lipinski definition) is 0. The lowest BCUT2D eigenvalue weighted by molar-refractivity contribution is 0.591. The largest absolute Gasteiger partial charge is 0.314 e. The van der Waals surface area contributed by atoms with Gasteiger partial charge in [0.2, 0.25) is 0 Å². The van der Waals surface area contributed by atoms with E-state index < -0.39 is 7.14 Å². The lowest BCUT2D eigenvalue weighted by Crippen LogP contribution is -2.07. The third kappa shape index (κ3) is 3.50. The molecule has 2 heteroatoms. The van der Waals surface area contributed by atoms with Crippen molar-refractivity contribution in [1.29, 1.82) is 0 Å². The van der Waals surface area contributed by atoms with E-state index in [1.54, 1.807) is 0 Å². The van der Waals surface area contributed by atoms with E-state index in [0.29, 0.717) is 0 Å². The zero-order chi connectivity index (χ0) is 25.0. The highest BCUT2D eigenvalue weighted by atomic mass is 31.2. The van der Waals surface area contributed by atoms with Gasteiger partial charge in [-0.2, -0.15) is 0 Å². The highest BCUT2D eigenvalue weighted by Crippen LogP contribution is 2.51. The van der Waals surface area contributed by atoms with Crippen LogP contribution in [0.3, 0.4) is 0 Å². The van der Waals surface area contributed by atoms with E-state index in [0.717, 1.165) is 27.3 Å². The summed E-state index contributed by atoms with van der Waals surface area (Å²) in [6.45, 7) is 1.90. The number of rotatable bonds is 3. The van der Waals surface area contributed by atoms with Crippen LogP contribution in [0.25, 0.3) is 55.3 Å². The Hall–Kier alpha value is -4.19. The molecular formula is C35H25OP. The minimum absolute atomic E-state index is 0.965. The Kier molecular flexibility index (Phi) is 5.03. The number of fused-ring (bicyclic) bond motifs is 4. The third-order valence-corrected chi connectivity index (χ3v) is 10.2. The van der Waals surface area contributed by atoms with Crippen molar-refractivity contribution in [2.24, 2.45) is 0 Å². The zero-order valence-corrected chi connectivity index (χ0v) is 21.5. The Bertz CT molecular complexity index is 1850. The van der Waals surface area contributed by atoms with Gasteiger partial charge in [0.15, 0.2) is 0 Å². The minimum Gasteiger partial charge on any atom is -0.314 e. The number of benzene rings is 6. The van der Waals surface area contributed by atoms with Gasteiger partial charge in [-0.25, -0.2) is 0 Å². The summed E-state index contributed by atoms with van der Waals surface area (Å²) in [7, 11) is -2.58. The summed E-state index contributed by atoms with van der Waals surface area (Å²) in [4.78, 5) is 0. The molecule has 0 radical (unpaired) electrons. The van der Waals surface area contributed by atoms with Crippen LogP contribution in [0, 0.1) is 0 Å². The smallest absolute Gasteiger partial charge is 0.141 e. The van der Waals surface area contributed by atoms with E-state index in [1.807, 2.05) is 30.9 Å². The fourth-order valence-electron chi connectivity index (χ4n) is 5.78. The average Bonchev–Trinajstić information content (AvgIpc) is 3.19. The Labute approximate surface area is 217 Å². The average molecular weight is 493 g/mol. The van der Waals surface area contributed by atoms with Crippen molar-refractivity contribution in [3.05, 3.63) is 133 Å². The molecule has 1 aliphatic heterocycles. The van der Waals surface area contributed by atoms with Crippen molar-refractivity contribution in [2.45, 2.75) is 0 Å². The molecule has 0 spiro atoms. The Morgan fingerprint density at radius 2 is 1.08 bits per heavy atom. The molecule has 0 saturated heterocycles. The summed E-state index contributed by atoms with van der Waals surface area (Å²) in [5, 5.41) is 4.39. The van der Waals surface area contributed by atoms with Crippen LogP contribution in [-0.2, 0) is 4.57 Å². The fraction of sp³-hybridized carbons (Fsp3) is 0.0286. The first kappa shape index (κ1) is 22.0. The first-order valence-electron chi connectivity index (χ1n) is 12.6. The van der Waals surface area contributed by atoms with Gasteiger partial charge in [0.05, 0.1) is 0 Å². The Morgan fingerprint density at radius 1 is 0.459 bits per heavy atom. The molecule has 0 aromatic heterocycles. The highest BCUT2D eigenvalue weighted by molar-refractivity contribution is 7.79. The van der Waals surface area contributed by atoms with Gasteiger partial charge in [-0.1, -0.05) is 121 Å². The highest BCUT2D eigenvalue weighted by Gasteiger charge is 2.34. The van der Waals surface area contributed by atoms with Crippen LogP contribution in [0.2, 0.25) is 0 Å². The lowest BCUT2D eigenvalue weighted by Gasteiger charge is -2.16. The summed E-state index contributed by atoms with van der Waals surface area (Å²) in [5.74, 6) is 0. The van der Waals surface area contributed by atoms with Gasteiger partial charge in [-0.05, 0) is 74.1 Å². The summed E-state index contributed by atoms with van der Waals surface area (Å²) >= 11 is 0. The molecule has 0 aliphatic carbocycles. The monoisotopic (exact) mass is 492 g/mol. The molecule has 0 saturated carbocycles. The predicted octanol–water partition coefficient (Wildman–Crippen LogP) is 8.76. The zero-order valence-electron chi connectivity index (χ0n) is 20.6. The van der Waals surface area contributed by atoms with Gasteiger partial charge in [0.1, 0.15) is 7.14 Å². The fourth-order valence-corrected chi connectivity index (χ4v) is 8.07. The van der Waals surface area contributed by atoms with Crippen molar-refractivity contribution < 1.29 is 4.57 Å². The third-order valence-electron chi connectivity index (χ3n) is 7.63. The van der Waals surface area contributed by atoms with Crippen LogP contribution in [0.5, 0.6) is 0 Å². The van der Waals surface area contributed by atoms with Gasteiger partial charge in [0.25, 0.3) is 0 Å². The molecule has 1 aliphatic rings. The van der Waals surface area contributed by atoms with Crippen molar-refractivity contribution in [3.8, 4) is 44.5 Å². The second kappa shape index (κ2) is 8.44. The Balaban J connectivity index is 1.43. The van der Waals surface area contributed by atoms with E-state index in [-0.39, 0.29) is 0 Å². The first-order chi connectivity index (χ1) is 18.1. The normalized spacial score (nSPS) is 15.9. The van der Waals surface area contributed by atoms with Crippen LogP contribution in [0.1, 0.15) is 0 Å². The van der Waals surface area contributed by atoms with Crippen LogP contribution in [0.4, 0.5) is 0 Å². The van der Waals surface area contributed by atoms with Crippen LogP contribution < -0.4 is 10.6 Å². The molecule has 176 valence electrons. The molecular weight excluding hydrogens is 467 g/mol. The van der Waals surface area contributed by atoms with E-state index in [2.05, 4.69) is 109 Å². The molecule has 1 atom stereocenters. The predicted molar refractivity (Wildman–Crippen MR) is 158 cm³/mol. The number of hydrogen-bond acceptors (Lipinski definition) is 1. The maximum atomic E-state index is 13.7. The maximum Gasteiger partial charge on any atom is 0.141 e. The van der Waals surface area contributed by atoms with Crippen LogP contribution in [-0.4, -0.2) is 6.66 Å². The molecule has 0 bridgehead atoms. The summed E-state index contributed by atoms with van der Waals surface area (Å²) < 4.78 is 13.7. The van der Waals surface area contributed by atoms with Crippen molar-refractivity contribution in [3.63, 3.8) is 0 Å². The van der Waals surface area contributed by atoms with Gasteiger partial charge in [-0.3, -0.25) is 0 Å². The molecule has 1 heterocycles. The van der Waals surface area contributed by atoms with E-state index in [4.69, 9.17) is 0 Å². The van der Waals surface area contributed by atoms with E-state index in [1.165, 1.54) is 38.6 Å². The van der Waals surface area contributed by atoms with Crippen molar-refractivity contribution in [1.82, 2.24) is 0 Å². The molecule has 0 fully saturated rings. The summed E-state index contributed by atoms with van der Waals surface area (Å²) in [6.07, 6.45) is 0. The van der Waals surface area contributed by atoms with Crippen molar-refractivity contribution >= 4 is 28.5 Å². The first-order valence-corrected chi connectivity index (χ1v) is 14.8.